The molecule has 1 aliphatic rings. The summed E-state index contributed by atoms with van der Waals surface area (Å²) >= 11 is 0. The van der Waals surface area contributed by atoms with Gasteiger partial charge in [0.25, 0.3) is 0 Å². The van der Waals surface area contributed by atoms with Gasteiger partial charge >= 0.3 is 19.8 Å². The molecule has 71 heavy (non-hydrogen) atoms. The summed E-state index contributed by atoms with van der Waals surface area (Å²) in [5, 5.41) is 50.4. The molecule has 13 nitrogen and oxygen atoms in total. The lowest BCUT2D eigenvalue weighted by molar-refractivity contribution is -0.220. The largest absolute Gasteiger partial charge is 0.472 e. The molecule has 0 aromatic rings. The molecule has 0 aromatic heterocycles. The lowest BCUT2D eigenvalue weighted by Gasteiger charge is -2.41. The summed E-state index contributed by atoms with van der Waals surface area (Å²) in [4.78, 5) is 35.9. The normalized spacial score (nSPS) is 21.0. The summed E-state index contributed by atoms with van der Waals surface area (Å²) in [5.74, 6) is -1.11. The van der Waals surface area contributed by atoms with E-state index in [2.05, 4.69) is 62.5 Å². The van der Waals surface area contributed by atoms with Crippen molar-refractivity contribution in [3.63, 3.8) is 0 Å². The Balaban J connectivity index is 2.34. The number of unbranched alkanes of at least 4 members (excludes halogenated alkanes) is 28. The van der Waals surface area contributed by atoms with Gasteiger partial charge in [-0.3, -0.25) is 18.6 Å². The zero-order chi connectivity index (χ0) is 52.1. The van der Waals surface area contributed by atoms with Crippen LogP contribution in [0.3, 0.4) is 0 Å². The number of ether oxygens (including phenoxy) is 2. The monoisotopic (exact) mass is 1030 g/mol. The highest BCUT2D eigenvalue weighted by Gasteiger charge is 2.51. The van der Waals surface area contributed by atoms with Crippen LogP contribution in [0.5, 0.6) is 0 Å². The minimum atomic E-state index is -5.13. The van der Waals surface area contributed by atoms with E-state index >= 15 is 0 Å². The lowest BCUT2D eigenvalue weighted by atomic mass is 9.85. The Hall–Kier alpha value is -2.19. The van der Waals surface area contributed by atoms with Crippen LogP contribution >= 0.6 is 7.82 Å². The third-order valence-electron chi connectivity index (χ3n) is 13.2. The third kappa shape index (κ3) is 38.1. The van der Waals surface area contributed by atoms with Gasteiger partial charge in [0.05, 0.1) is 6.61 Å². The van der Waals surface area contributed by atoms with Gasteiger partial charge in [-0.05, 0) is 51.4 Å². The maximum atomic E-state index is 12.9. The Morgan fingerprint density at radius 1 is 0.451 bits per heavy atom. The van der Waals surface area contributed by atoms with E-state index in [0.29, 0.717) is 12.8 Å². The average molecular weight is 1030 g/mol. The van der Waals surface area contributed by atoms with Crippen molar-refractivity contribution >= 4 is 19.8 Å². The fourth-order valence-corrected chi connectivity index (χ4v) is 9.67. The van der Waals surface area contributed by atoms with Gasteiger partial charge in [0.1, 0.15) is 43.2 Å². The highest BCUT2D eigenvalue weighted by atomic mass is 31.2. The molecular weight excluding hydrogens is 924 g/mol. The molecule has 0 bridgehead atoms. The van der Waals surface area contributed by atoms with Crippen molar-refractivity contribution in [2.24, 2.45) is 0 Å². The minimum absolute atomic E-state index is 0.0811. The molecule has 1 rings (SSSR count). The second-order valence-electron chi connectivity index (χ2n) is 19.8. The molecular formula is C57H103O13P. The highest BCUT2D eigenvalue weighted by molar-refractivity contribution is 7.47. The molecule has 1 aliphatic carbocycles. The molecule has 0 aliphatic heterocycles. The first-order valence-electron chi connectivity index (χ1n) is 28.4. The maximum Gasteiger partial charge on any atom is 0.472 e. The van der Waals surface area contributed by atoms with E-state index in [4.69, 9.17) is 18.5 Å². The number of aliphatic hydroxyl groups excluding tert-OH is 5. The van der Waals surface area contributed by atoms with Gasteiger partial charge in [-0.1, -0.05) is 229 Å². The summed E-state index contributed by atoms with van der Waals surface area (Å²) in [5.41, 5.74) is 0. The number of carbonyl (C=O) groups is 2. The molecule has 1 fully saturated rings. The van der Waals surface area contributed by atoms with Gasteiger partial charge in [0, 0.05) is 12.8 Å². The molecule has 0 saturated heterocycles. The molecule has 6 N–H and O–H groups in total. The topological polar surface area (TPSA) is 210 Å². The summed E-state index contributed by atoms with van der Waals surface area (Å²) in [6, 6.07) is 0. The molecule has 1 saturated carbocycles. The first-order chi connectivity index (χ1) is 34.4. The minimum Gasteiger partial charge on any atom is -0.462 e. The van der Waals surface area contributed by atoms with Crippen LogP contribution in [0.15, 0.2) is 48.6 Å². The number of rotatable bonds is 48. The molecule has 0 radical (unpaired) electrons. The van der Waals surface area contributed by atoms with Gasteiger partial charge < -0.3 is 39.9 Å². The van der Waals surface area contributed by atoms with Crippen LogP contribution in [-0.4, -0.2) is 98.3 Å². The van der Waals surface area contributed by atoms with E-state index in [9.17, 15) is 44.6 Å². The molecule has 0 spiro atoms. The molecule has 0 amide bonds. The van der Waals surface area contributed by atoms with Crippen molar-refractivity contribution in [3.8, 4) is 0 Å². The zero-order valence-corrected chi connectivity index (χ0v) is 45.4. The molecule has 14 heteroatoms. The van der Waals surface area contributed by atoms with E-state index in [-0.39, 0.29) is 12.8 Å². The predicted octanol–water partition coefficient (Wildman–Crippen LogP) is 13.1. The Bertz CT molecular complexity index is 1420. The van der Waals surface area contributed by atoms with E-state index < -0.39 is 75.7 Å². The number of allylic oxidation sites excluding steroid dienone is 8. The van der Waals surface area contributed by atoms with Crippen molar-refractivity contribution in [1.82, 2.24) is 0 Å². The zero-order valence-electron chi connectivity index (χ0n) is 44.5. The van der Waals surface area contributed by atoms with E-state index in [1.165, 1.54) is 122 Å². The Morgan fingerprint density at radius 2 is 0.803 bits per heavy atom. The Labute approximate surface area is 431 Å². The summed E-state index contributed by atoms with van der Waals surface area (Å²) < 4.78 is 33.7. The van der Waals surface area contributed by atoms with E-state index in [0.717, 1.165) is 83.5 Å². The van der Waals surface area contributed by atoms with Crippen LogP contribution in [0.4, 0.5) is 0 Å². The van der Waals surface area contributed by atoms with Crippen molar-refractivity contribution < 1.29 is 63.1 Å². The summed E-state index contributed by atoms with van der Waals surface area (Å²) in [6.45, 7) is 3.22. The van der Waals surface area contributed by atoms with Crippen LogP contribution < -0.4 is 0 Å². The van der Waals surface area contributed by atoms with Gasteiger partial charge in [-0.15, -0.1) is 0 Å². The molecule has 0 aromatic carbocycles. The number of aliphatic hydroxyl groups is 5. The fourth-order valence-electron chi connectivity index (χ4n) is 8.69. The number of esters is 2. The SMILES string of the molecule is CC/C=C\C/C=C\C/C=C\C/C=C\CCCCCCCCC(=O)OC(COC(=O)CCCCCCCCCCCCCCCCCCCCCCCCC)COP(=O)(O)OC1C(O)C(O)C(O)C(O)C1O. The molecule has 6 atom stereocenters. The number of carbonyl (C=O) groups excluding carboxylic acids is 2. The first-order valence-corrected chi connectivity index (χ1v) is 29.9. The van der Waals surface area contributed by atoms with Crippen LogP contribution in [0.2, 0.25) is 0 Å². The van der Waals surface area contributed by atoms with E-state index in [1.807, 2.05) is 0 Å². The highest BCUT2D eigenvalue weighted by Crippen LogP contribution is 2.47. The number of phosphoric ester groups is 1. The van der Waals surface area contributed by atoms with E-state index in [1.54, 1.807) is 0 Å². The quantitative estimate of drug-likeness (QED) is 0.0145. The Morgan fingerprint density at radius 3 is 1.23 bits per heavy atom. The molecule has 0 heterocycles. The van der Waals surface area contributed by atoms with Gasteiger partial charge in [0.15, 0.2) is 6.10 Å². The third-order valence-corrected chi connectivity index (χ3v) is 14.2. The standard InChI is InChI=1S/C57H103O13P/c1-3-5-7-9-11-13-15-17-19-21-23-24-25-26-28-29-31-33-35-37-39-41-43-45-50(58)67-47-49(48-68-71(65,66)70-57-55(63)53(61)52(60)54(62)56(57)64)69-51(59)46-44-42-40-38-36-34-32-30-27-22-20-18-16-14-12-10-8-6-4-2/h6,8,12,14,18,20,27,30,49,52-57,60-64H,3-5,7,9-11,13,15-17,19,21-26,28-29,31-48H2,1-2H3,(H,65,66)/b8-6-,14-12-,20-18-,30-27-. The smallest absolute Gasteiger partial charge is 0.462 e. The second kappa shape index (κ2) is 46.3. The van der Waals surface area contributed by atoms with Crippen molar-refractivity contribution in [1.29, 1.82) is 0 Å². The van der Waals surface area contributed by atoms with Crippen molar-refractivity contribution in [2.45, 2.75) is 288 Å². The van der Waals surface area contributed by atoms with Gasteiger partial charge in [0.2, 0.25) is 0 Å². The number of hydrogen-bond acceptors (Lipinski definition) is 12. The molecule has 6 unspecified atom stereocenters. The van der Waals surface area contributed by atoms with Crippen molar-refractivity contribution in [2.75, 3.05) is 13.2 Å². The second-order valence-corrected chi connectivity index (χ2v) is 21.2. The lowest BCUT2D eigenvalue weighted by Crippen LogP contribution is -2.64. The van der Waals surface area contributed by atoms with Crippen molar-refractivity contribution in [3.05, 3.63) is 48.6 Å². The summed E-state index contributed by atoms with van der Waals surface area (Å²) in [7, 11) is -5.13. The average Bonchev–Trinajstić information content (AvgIpc) is 3.35. The van der Waals surface area contributed by atoms with Crippen LogP contribution in [0.25, 0.3) is 0 Å². The van der Waals surface area contributed by atoms with Gasteiger partial charge in [-0.25, -0.2) is 4.57 Å². The van der Waals surface area contributed by atoms with Crippen LogP contribution in [0.1, 0.15) is 245 Å². The van der Waals surface area contributed by atoms with Gasteiger partial charge in [-0.2, -0.15) is 0 Å². The Kier molecular flexibility index (Phi) is 43.6. The van der Waals surface area contributed by atoms with Crippen LogP contribution in [0, 0.1) is 0 Å². The molecule has 414 valence electrons. The fraction of sp³-hybridized carbons (Fsp3) is 0.825. The number of phosphoric acid groups is 1. The maximum absolute atomic E-state index is 12.9. The number of hydrogen-bond donors (Lipinski definition) is 6. The van der Waals surface area contributed by atoms with Crippen LogP contribution in [-0.2, 0) is 32.7 Å². The summed E-state index contributed by atoms with van der Waals surface area (Å²) in [6.07, 6.45) is 44.4. The first kappa shape index (κ1) is 66.8. The predicted molar refractivity (Wildman–Crippen MR) is 286 cm³/mol.